The molecule has 0 saturated carbocycles. The van der Waals surface area contributed by atoms with Crippen molar-refractivity contribution in [3.05, 3.63) is 71.3 Å². The van der Waals surface area contributed by atoms with Crippen LogP contribution in [0.25, 0.3) is 0 Å². The number of aliphatic imine (C=N–C) groups is 1. The third-order valence-corrected chi connectivity index (χ3v) is 6.91. The van der Waals surface area contributed by atoms with E-state index in [2.05, 4.69) is 19.2 Å². The lowest BCUT2D eigenvalue weighted by Gasteiger charge is -2.47. The predicted octanol–water partition coefficient (Wildman–Crippen LogP) is 5.14. The number of hydrogen-bond acceptors (Lipinski definition) is 4. The van der Waals surface area contributed by atoms with Crippen molar-refractivity contribution in [2.45, 2.75) is 38.3 Å². The van der Waals surface area contributed by atoms with Gasteiger partial charge in [0.05, 0.1) is 12.7 Å². The molecule has 1 saturated heterocycles. The summed E-state index contributed by atoms with van der Waals surface area (Å²) in [5.74, 6) is -0.360. The molecule has 3 atom stereocenters. The van der Waals surface area contributed by atoms with Crippen LogP contribution >= 0.6 is 11.8 Å². The van der Waals surface area contributed by atoms with Crippen LogP contribution in [-0.4, -0.2) is 29.5 Å². The second-order valence-electron chi connectivity index (χ2n) is 8.59. The van der Waals surface area contributed by atoms with E-state index in [0.717, 1.165) is 18.9 Å². The first-order valence-corrected chi connectivity index (χ1v) is 11.5. The number of halogens is 2. The largest absolute Gasteiger partial charge is 0.375 e. The third-order valence-electron chi connectivity index (χ3n) is 5.87. The van der Waals surface area contributed by atoms with Gasteiger partial charge in [0.15, 0.2) is 5.17 Å². The molecule has 1 fully saturated rings. The van der Waals surface area contributed by atoms with E-state index in [-0.39, 0.29) is 24.5 Å². The zero-order valence-electron chi connectivity index (χ0n) is 17.6. The first kappa shape index (κ1) is 22.0. The Labute approximate surface area is 185 Å². The minimum Gasteiger partial charge on any atom is -0.375 e. The van der Waals surface area contributed by atoms with Crippen LogP contribution in [0.5, 0.6) is 0 Å². The molecule has 4 nitrogen and oxygen atoms in total. The summed E-state index contributed by atoms with van der Waals surface area (Å²) in [7, 11) is 0. The molecule has 0 spiro atoms. The van der Waals surface area contributed by atoms with Crippen molar-refractivity contribution in [2.75, 3.05) is 12.4 Å². The van der Waals surface area contributed by atoms with Gasteiger partial charge in [0, 0.05) is 28.9 Å². The van der Waals surface area contributed by atoms with E-state index in [4.69, 9.17) is 9.73 Å². The number of carbonyl (C=O) groups is 1. The summed E-state index contributed by atoms with van der Waals surface area (Å²) in [6.07, 6.45) is 1.74. The van der Waals surface area contributed by atoms with E-state index in [0.29, 0.717) is 28.0 Å². The highest BCUT2D eigenvalue weighted by Gasteiger charge is 2.49. The Morgan fingerprint density at radius 1 is 1.26 bits per heavy atom. The van der Waals surface area contributed by atoms with Gasteiger partial charge in [-0.1, -0.05) is 49.9 Å². The van der Waals surface area contributed by atoms with Crippen LogP contribution in [-0.2, 0) is 10.3 Å². The molecule has 0 aromatic heterocycles. The average Bonchev–Trinajstić information content (AvgIpc) is 2.74. The molecular formula is C24H26F2N2O2S. The van der Waals surface area contributed by atoms with Gasteiger partial charge in [-0.2, -0.15) is 0 Å². The first-order valence-electron chi connectivity index (χ1n) is 10.5. The molecule has 2 aromatic rings. The molecular weight excluding hydrogens is 418 g/mol. The average molecular weight is 445 g/mol. The van der Waals surface area contributed by atoms with E-state index in [1.165, 1.54) is 23.9 Å². The first-order chi connectivity index (χ1) is 14.9. The Morgan fingerprint density at radius 2 is 2.03 bits per heavy atom. The standard InChI is InChI=1S/C24H26F2N2O2S/c1-15(2)10-19-11-17-13-31-23(27-22(29)16-6-4-3-5-7-16)28-24(17,14-30-19)20-9-8-18(25)12-21(20)26/h3-9,12,15,17,19H,10-11,13-14H2,1-2H3,(H,27,28,29)/t17-,19-,24-/m0/s1. The van der Waals surface area contributed by atoms with Gasteiger partial charge in [0.2, 0.25) is 0 Å². The van der Waals surface area contributed by atoms with Crippen molar-refractivity contribution in [3.8, 4) is 0 Å². The van der Waals surface area contributed by atoms with Gasteiger partial charge in [0.25, 0.3) is 5.91 Å². The highest BCUT2D eigenvalue weighted by atomic mass is 32.2. The van der Waals surface area contributed by atoms with Gasteiger partial charge in [-0.25, -0.2) is 13.8 Å². The van der Waals surface area contributed by atoms with Crippen molar-refractivity contribution in [1.82, 2.24) is 5.32 Å². The number of carbonyl (C=O) groups excluding carboxylic acids is 1. The fourth-order valence-corrected chi connectivity index (χ4v) is 5.54. The topological polar surface area (TPSA) is 50.7 Å². The number of benzene rings is 2. The number of thioether (sulfide) groups is 1. The van der Waals surface area contributed by atoms with E-state index < -0.39 is 17.2 Å². The van der Waals surface area contributed by atoms with Crippen LogP contribution in [0, 0.1) is 23.5 Å². The molecule has 31 heavy (non-hydrogen) atoms. The maximum atomic E-state index is 14.9. The summed E-state index contributed by atoms with van der Waals surface area (Å²) in [4.78, 5) is 17.5. The molecule has 1 N–H and O–H groups in total. The van der Waals surface area contributed by atoms with Crippen molar-refractivity contribution in [2.24, 2.45) is 16.8 Å². The molecule has 4 rings (SSSR count). The van der Waals surface area contributed by atoms with Crippen LogP contribution in [0.1, 0.15) is 42.6 Å². The zero-order valence-corrected chi connectivity index (χ0v) is 18.4. The molecule has 0 unspecified atom stereocenters. The Bertz CT molecular complexity index is 983. The summed E-state index contributed by atoms with van der Waals surface area (Å²) in [6, 6.07) is 12.5. The Kier molecular flexibility index (Phi) is 6.44. The highest BCUT2D eigenvalue weighted by Crippen LogP contribution is 2.47. The smallest absolute Gasteiger partial charge is 0.257 e. The summed E-state index contributed by atoms with van der Waals surface area (Å²) in [5, 5.41) is 3.29. The van der Waals surface area contributed by atoms with Crippen LogP contribution in [0.15, 0.2) is 53.5 Å². The number of hydrogen-bond donors (Lipinski definition) is 1. The Morgan fingerprint density at radius 3 is 2.74 bits per heavy atom. The molecule has 0 radical (unpaired) electrons. The van der Waals surface area contributed by atoms with Gasteiger partial charge in [-0.05, 0) is 37.0 Å². The predicted molar refractivity (Wildman–Crippen MR) is 119 cm³/mol. The molecule has 2 heterocycles. The maximum Gasteiger partial charge on any atom is 0.257 e. The molecule has 0 bridgehead atoms. The zero-order chi connectivity index (χ0) is 22.0. The maximum absolute atomic E-state index is 14.9. The number of amides is 1. The van der Waals surface area contributed by atoms with E-state index in [9.17, 15) is 13.6 Å². The molecule has 2 aliphatic rings. The van der Waals surface area contributed by atoms with E-state index >= 15 is 0 Å². The second-order valence-corrected chi connectivity index (χ2v) is 9.60. The lowest BCUT2D eigenvalue weighted by Crippen LogP contribution is -2.51. The lowest BCUT2D eigenvalue weighted by atomic mass is 9.74. The minimum absolute atomic E-state index is 0.0207. The molecule has 0 aliphatic carbocycles. The highest BCUT2D eigenvalue weighted by molar-refractivity contribution is 8.13. The normalized spacial score (nSPS) is 25.6. The van der Waals surface area contributed by atoms with Crippen molar-refractivity contribution in [3.63, 3.8) is 0 Å². The van der Waals surface area contributed by atoms with Gasteiger partial charge in [0.1, 0.15) is 17.2 Å². The summed E-state index contributed by atoms with van der Waals surface area (Å²) >= 11 is 1.46. The molecule has 7 heteroatoms. The van der Waals surface area contributed by atoms with Gasteiger partial charge < -0.3 is 10.1 Å². The van der Waals surface area contributed by atoms with Crippen LogP contribution < -0.4 is 5.32 Å². The molecule has 2 aromatic carbocycles. The van der Waals surface area contributed by atoms with Crippen molar-refractivity contribution < 1.29 is 18.3 Å². The van der Waals surface area contributed by atoms with Crippen LogP contribution in [0.4, 0.5) is 8.78 Å². The fraction of sp³-hybridized carbons (Fsp3) is 0.417. The minimum atomic E-state index is -0.990. The molecule has 2 aliphatic heterocycles. The summed E-state index contributed by atoms with van der Waals surface area (Å²) in [6.45, 7) is 4.49. The third kappa shape index (κ3) is 4.67. The molecule has 164 valence electrons. The van der Waals surface area contributed by atoms with E-state index in [1.54, 1.807) is 24.3 Å². The van der Waals surface area contributed by atoms with Gasteiger partial charge in [-0.3, -0.25) is 4.79 Å². The van der Waals surface area contributed by atoms with Crippen molar-refractivity contribution >= 4 is 22.8 Å². The lowest BCUT2D eigenvalue weighted by molar-refractivity contribution is -0.0645. The van der Waals surface area contributed by atoms with Crippen LogP contribution in [0.2, 0.25) is 0 Å². The summed E-state index contributed by atoms with van der Waals surface area (Å²) < 4.78 is 34.7. The summed E-state index contributed by atoms with van der Waals surface area (Å²) in [5.41, 5.74) is -0.156. The van der Waals surface area contributed by atoms with Crippen LogP contribution in [0.3, 0.4) is 0 Å². The monoisotopic (exact) mass is 444 g/mol. The number of rotatable bonds is 4. The number of amidine groups is 1. The van der Waals surface area contributed by atoms with Gasteiger partial charge in [-0.15, -0.1) is 0 Å². The van der Waals surface area contributed by atoms with Gasteiger partial charge >= 0.3 is 0 Å². The number of nitrogens with zero attached hydrogens (tertiary/aromatic N) is 1. The van der Waals surface area contributed by atoms with E-state index in [1.807, 2.05) is 6.07 Å². The second kappa shape index (κ2) is 9.09. The number of ether oxygens (including phenoxy) is 1. The quantitative estimate of drug-likeness (QED) is 0.710. The SMILES string of the molecule is CC(C)C[C@H]1C[C@H]2CSC(NC(=O)c3ccccc3)=N[C@@]2(c2ccc(F)cc2F)CO1. The number of nitrogens with one attached hydrogen (secondary N) is 1. The fourth-order valence-electron chi connectivity index (χ4n) is 4.38. The molecule has 1 amide bonds. The number of fused-ring (bicyclic) bond motifs is 1. The Balaban J connectivity index is 1.67. The van der Waals surface area contributed by atoms with Crippen molar-refractivity contribution in [1.29, 1.82) is 0 Å². The Hall–Kier alpha value is -2.25.